The van der Waals surface area contributed by atoms with Crippen LogP contribution in [0.1, 0.15) is 54.1 Å². The van der Waals surface area contributed by atoms with E-state index >= 15 is 0 Å². The predicted octanol–water partition coefficient (Wildman–Crippen LogP) is 7.18. The molecule has 1 aliphatic carbocycles. The van der Waals surface area contributed by atoms with Crippen LogP contribution in [0, 0.1) is 13.8 Å². The third-order valence-corrected chi connectivity index (χ3v) is 7.86. The van der Waals surface area contributed by atoms with Gasteiger partial charge in [-0.3, -0.25) is 0 Å². The fourth-order valence-corrected chi connectivity index (χ4v) is 5.51. The van der Waals surface area contributed by atoms with Gasteiger partial charge in [0.2, 0.25) is 5.69 Å². The highest BCUT2D eigenvalue weighted by Crippen LogP contribution is 2.57. The van der Waals surface area contributed by atoms with E-state index in [1.54, 1.807) is 12.3 Å². The topological polar surface area (TPSA) is 3.88 Å². The van der Waals surface area contributed by atoms with Crippen LogP contribution in [0.3, 0.4) is 0 Å². The summed E-state index contributed by atoms with van der Waals surface area (Å²) < 4.78 is 25.5. The fraction of sp³-hybridized carbons (Fsp3) is 0.300. The number of aryl methyl sites for hydroxylation is 3. The van der Waals surface area contributed by atoms with Crippen LogP contribution in [0.2, 0.25) is 0 Å². The SMILES string of the molecule is [2H]C([2H])([2H])c1ccc(-c2c(C)ccc3c2-c2ccc4ccccc4c2C(C)(C)C3(C)C)[n+](C)c1. The lowest BCUT2D eigenvalue weighted by molar-refractivity contribution is -0.660. The van der Waals surface area contributed by atoms with E-state index in [9.17, 15) is 0 Å². The van der Waals surface area contributed by atoms with E-state index in [0.717, 1.165) is 5.69 Å². The molecule has 4 aromatic rings. The van der Waals surface area contributed by atoms with E-state index in [2.05, 4.69) is 83.1 Å². The number of benzene rings is 3. The van der Waals surface area contributed by atoms with Gasteiger partial charge in [0.15, 0.2) is 6.20 Å². The maximum Gasteiger partial charge on any atom is 0.213 e. The summed E-state index contributed by atoms with van der Waals surface area (Å²) in [6.07, 6.45) is 1.75. The average molecular weight is 410 g/mol. The number of pyridine rings is 1. The van der Waals surface area contributed by atoms with Gasteiger partial charge in [-0.2, -0.15) is 0 Å². The number of rotatable bonds is 1. The van der Waals surface area contributed by atoms with Gasteiger partial charge < -0.3 is 0 Å². The molecule has 0 saturated carbocycles. The molecular weight excluding hydrogens is 374 g/mol. The molecule has 0 saturated heterocycles. The van der Waals surface area contributed by atoms with Crippen LogP contribution in [0.15, 0.2) is 66.9 Å². The van der Waals surface area contributed by atoms with E-state index in [4.69, 9.17) is 4.11 Å². The number of fused-ring (bicyclic) bond motifs is 5. The minimum Gasteiger partial charge on any atom is -0.201 e. The zero-order chi connectivity index (χ0) is 24.6. The monoisotopic (exact) mass is 409 g/mol. The molecule has 5 rings (SSSR count). The molecule has 156 valence electrons. The van der Waals surface area contributed by atoms with Crippen molar-refractivity contribution in [2.75, 3.05) is 0 Å². The number of hydrogen-bond acceptors (Lipinski definition) is 0. The molecule has 1 nitrogen and oxygen atoms in total. The van der Waals surface area contributed by atoms with Gasteiger partial charge in [0.1, 0.15) is 7.05 Å². The van der Waals surface area contributed by atoms with Crippen molar-refractivity contribution in [2.24, 2.45) is 7.05 Å². The van der Waals surface area contributed by atoms with Crippen LogP contribution >= 0.6 is 0 Å². The maximum atomic E-state index is 7.83. The van der Waals surface area contributed by atoms with Crippen molar-refractivity contribution in [3.8, 4) is 22.4 Å². The summed E-state index contributed by atoms with van der Waals surface area (Å²) in [4.78, 5) is 0. The summed E-state index contributed by atoms with van der Waals surface area (Å²) >= 11 is 0. The van der Waals surface area contributed by atoms with Crippen molar-refractivity contribution >= 4 is 10.8 Å². The minimum absolute atomic E-state index is 0.0873. The molecule has 0 aliphatic heterocycles. The average Bonchev–Trinajstić information content (AvgIpc) is 2.76. The van der Waals surface area contributed by atoms with Crippen molar-refractivity contribution in [1.29, 1.82) is 0 Å². The van der Waals surface area contributed by atoms with E-state index in [1.807, 2.05) is 17.7 Å². The van der Waals surface area contributed by atoms with Gasteiger partial charge in [-0.15, -0.1) is 0 Å². The molecule has 0 radical (unpaired) electrons. The standard InChI is InChI=1S/C30H32N/c1-19-12-17-25(31(7)18-19)26-20(2)13-16-24-27(26)23-15-14-21-10-8-9-11-22(21)28(23)30(5,6)29(24,3)4/h8-18H,1-7H3/q+1/i1D3. The Morgan fingerprint density at radius 1 is 0.806 bits per heavy atom. The van der Waals surface area contributed by atoms with Crippen molar-refractivity contribution in [2.45, 2.75) is 52.3 Å². The van der Waals surface area contributed by atoms with Gasteiger partial charge >= 0.3 is 0 Å². The van der Waals surface area contributed by atoms with Crippen molar-refractivity contribution in [3.63, 3.8) is 0 Å². The van der Waals surface area contributed by atoms with Gasteiger partial charge in [0, 0.05) is 21.2 Å². The van der Waals surface area contributed by atoms with Gasteiger partial charge in [-0.1, -0.05) is 76.2 Å². The molecule has 1 aliphatic rings. The second-order valence-electron chi connectivity index (χ2n) is 10.1. The number of hydrogen-bond donors (Lipinski definition) is 0. The zero-order valence-electron chi connectivity index (χ0n) is 22.3. The molecule has 1 heterocycles. The summed E-state index contributed by atoms with van der Waals surface area (Å²) in [6, 6.07) is 21.4. The molecule has 0 unspecified atom stereocenters. The second kappa shape index (κ2) is 6.53. The largest absolute Gasteiger partial charge is 0.213 e. The third-order valence-electron chi connectivity index (χ3n) is 7.86. The Balaban J connectivity index is 1.91. The fourth-order valence-electron chi connectivity index (χ4n) is 5.51. The van der Waals surface area contributed by atoms with Crippen LogP contribution in [0.5, 0.6) is 0 Å². The molecule has 0 spiro atoms. The van der Waals surface area contributed by atoms with Crippen LogP contribution in [0.4, 0.5) is 0 Å². The number of aromatic nitrogens is 1. The molecule has 0 atom stereocenters. The Kier molecular flexibility index (Phi) is 3.52. The quantitative estimate of drug-likeness (QED) is 0.293. The lowest BCUT2D eigenvalue weighted by Gasteiger charge is -2.49. The Hall–Kier alpha value is -2.93. The molecule has 0 N–H and O–H groups in total. The Morgan fingerprint density at radius 3 is 2.32 bits per heavy atom. The first-order valence-corrected chi connectivity index (χ1v) is 11.0. The summed E-state index contributed by atoms with van der Waals surface area (Å²) in [6.45, 7) is 9.47. The van der Waals surface area contributed by atoms with Crippen LogP contribution in [-0.2, 0) is 17.9 Å². The summed E-state index contributed by atoms with van der Waals surface area (Å²) in [7, 11) is 1.95. The van der Waals surface area contributed by atoms with E-state index in [-0.39, 0.29) is 10.8 Å². The molecule has 31 heavy (non-hydrogen) atoms. The van der Waals surface area contributed by atoms with E-state index in [1.165, 1.54) is 44.2 Å². The van der Waals surface area contributed by atoms with Gasteiger partial charge in [0.05, 0.1) is 5.56 Å². The zero-order valence-corrected chi connectivity index (χ0v) is 19.3. The van der Waals surface area contributed by atoms with Gasteiger partial charge in [0.25, 0.3) is 0 Å². The summed E-state index contributed by atoms with van der Waals surface area (Å²) in [5.41, 5.74) is 8.81. The highest BCUT2D eigenvalue weighted by atomic mass is 14.9. The molecule has 0 amide bonds. The lowest BCUT2D eigenvalue weighted by Crippen LogP contribution is -2.44. The number of nitrogens with zero attached hydrogens (tertiary/aromatic N) is 1. The first-order chi connectivity index (χ1) is 15.9. The molecular formula is C30H32N+. The molecule has 0 bridgehead atoms. The first-order valence-electron chi connectivity index (χ1n) is 12.5. The first kappa shape index (κ1) is 16.7. The van der Waals surface area contributed by atoms with Crippen molar-refractivity contribution in [3.05, 3.63) is 89.1 Å². The lowest BCUT2D eigenvalue weighted by atomic mass is 9.54. The highest BCUT2D eigenvalue weighted by Gasteiger charge is 2.47. The Morgan fingerprint density at radius 2 is 1.58 bits per heavy atom. The van der Waals surface area contributed by atoms with E-state index in [0.29, 0.717) is 5.56 Å². The smallest absolute Gasteiger partial charge is 0.201 e. The normalized spacial score (nSPS) is 17.9. The highest BCUT2D eigenvalue weighted by molar-refractivity contribution is 5.99. The second-order valence-corrected chi connectivity index (χ2v) is 10.1. The van der Waals surface area contributed by atoms with E-state index < -0.39 is 6.85 Å². The van der Waals surface area contributed by atoms with Crippen LogP contribution < -0.4 is 4.57 Å². The van der Waals surface area contributed by atoms with Crippen LogP contribution in [0.25, 0.3) is 33.2 Å². The minimum atomic E-state index is -2.13. The van der Waals surface area contributed by atoms with Gasteiger partial charge in [-0.05, 0) is 63.8 Å². The van der Waals surface area contributed by atoms with Crippen molar-refractivity contribution < 1.29 is 8.68 Å². The Labute approximate surface area is 190 Å². The Bertz CT molecular complexity index is 1460. The maximum absolute atomic E-state index is 7.83. The molecule has 3 aromatic carbocycles. The molecule has 0 fully saturated rings. The van der Waals surface area contributed by atoms with Crippen molar-refractivity contribution in [1.82, 2.24) is 0 Å². The molecule has 1 heteroatoms. The predicted molar refractivity (Wildman–Crippen MR) is 132 cm³/mol. The van der Waals surface area contributed by atoms with Crippen LogP contribution in [-0.4, -0.2) is 0 Å². The van der Waals surface area contributed by atoms with Gasteiger partial charge in [-0.25, -0.2) is 4.57 Å². The summed E-state index contributed by atoms with van der Waals surface area (Å²) in [5.74, 6) is 0. The summed E-state index contributed by atoms with van der Waals surface area (Å²) in [5, 5.41) is 2.56. The third kappa shape index (κ3) is 2.65. The molecule has 1 aromatic heterocycles.